The first-order valence-electron chi connectivity index (χ1n) is 13.1. The van der Waals surface area contributed by atoms with E-state index >= 15 is 0 Å². The van der Waals surface area contributed by atoms with Crippen LogP contribution >= 0.6 is 0 Å². The smallest absolute Gasteiger partial charge is 0.266 e. The van der Waals surface area contributed by atoms with Crippen LogP contribution in [-0.4, -0.2) is 66.0 Å². The number of rotatable bonds is 7. The number of nitrogens with one attached hydrogen (secondary N) is 1. The molecule has 0 radical (unpaired) electrons. The summed E-state index contributed by atoms with van der Waals surface area (Å²) in [7, 11) is 3.75. The van der Waals surface area contributed by atoms with Gasteiger partial charge in [-0.05, 0) is 46.0 Å². The van der Waals surface area contributed by atoms with Gasteiger partial charge in [-0.2, -0.15) is 0 Å². The molecule has 39 heavy (non-hydrogen) atoms. The van der Waals surface area contributed by atoms with E-state index in [2.05, 4.69) is 16.4 Å². The van der Waals surface area contributed by atoms with E-state index in [1.165, 1.54) is 12.1 Å². The molecule has 206 valence electrons. The molecular formula is C29H32F3N5O2. The molecule has 3 aromatic rings. The number of carbonyl (C=O) groups is 1. The summed E-state index contributed by atoms with van der Waals surface area (Å²) >= 11 is 0. The first-order valence-corrected chi connectivity index (χ1v) is 13.1. The van der Waals surface area contributed by atoms with E-state index < -0.39 is 23.8 Å². The van der Waals surface area contributed by atoms with Crippen molar-refractivity contribution in [3.05, 3.63) is 64.2 Å². The molecule has 0 saturated carbocycles. The molecule has 0 spiro atoms. The molecule has 10 heteroatoms. The Bertz CT molecular complexity index is 1460. The summed E-state index contributed by atoms with van der Waals surface area (Å²) in [4.78, 5) is 25.6. The van der Waals surface area contributed by atoms with E-state index in [0.717, 1.165) is 39.4 Å². The van der Waals surface area contributed by atoms with Crippen molar-refractivity contribution in [1.29, 1.82) is 0 Å². The predicted octanol–water partition coefficient (Wildman–Crippen LogP) is 5.30. The Kier molecular flexibility index (Phi) is 7.48. The number of amides is 1. The van der Waals surface area contributed by atoms with Gasteiger partial charge in [0.15, 0.2) is 0 Å². The highest BCUT2D eigenvalue weighted by Gasteiger charge is 2.28. The number of halogens is 3. The quantitative estimate of drug-likeness (QED) is 0.440. The second-order valence-corrected chi connectivity index (χ2v) is 10.3. The zero-order valence-electron chi connectivity index (χ0n) is 22.5. The zero-order chi connectivity index (χ0) is 27.8. The Balaban J connectivity index is 1.53. The van der Waals surface area contributed by atoms with E-state index in [1.807, 2.05) is 30.0 Å². The summed E-state index contributed by atoms with van der Waals surface area (Å²) < 4.78 is 47.6. The van der Waals surface area contributed by atoms with Crippen LogP contribution in [0, 0.1) is 12.7 Å². The second kappa shape index (κ2) is 10.8. The van der Waals surface area contributed by atoms with Crippen LogP contribution in [-0.2, 0) is 11.2 Å². The van der Waals surface area contributed by atoms with Gasteiger partial charge in [0.1, 0.15) is 23.2 Å². The largest absolute Gasteiger partial charge is 0.492 e. The molecule has 1 amide bonds. The van der Waals surface area contributed by atoms with Crippen LogP contribution in [0.1, 0.15) is 53.9 Å². The maximum absolute atomic E-state index is 14.9. The van der Waals surface area contributed by atoms with Crippen molar-refractivity contribution in [2.45, 2.75) is 39.2 Å². The number of carbonyl (C=O) groups excluding carboxylic acids is 1. The van der Waals surface area contributed by atoms with Gasteiger partial charge in [-0.3, -0.25) is 4.79 Å². The maximum atomic E-state index is 14.9. The fourth-order valence-electron chi connectivity index (χ4n) is 5.29. The number of benzene rings is 2. The molecular weight excluding hydrogens is 507 g/mol. The van der Waals surface area contributed by atoms with Crippen LogP contribution in [0.5, 0.6) is 5.75 Å². The van der Waals surface area contributed by atoms with E-state index in [9.17, 15) is 18.0 Å². The number of hydrogen-bond donors (Lipinski definition) is 1. The van der Waals surface area contributed by atoms with Crippen molar-refractivity contribution < 1.29 is 22.7 Å². The second-order valence-electron chi connectivity index (χ2n) is 10.3. The highest BCUT2D eigenvalue weighted by molar-refractivity contribution is 5.97. The molecule has 0 bridgehead atoms. The molecule has 2 aromatic carbocycles. The standard InChI is InChI=1S/C29H32F3N5O2/c1-16(19-6-5-7-20(25(19)30)28(31)32)33-29-23-14-22(18-8-11-37(12-9-18)24(38)15-36(3)4)27-21(10-13-39-27)26(23)34-17(2)35-29/h5-8,14,16,28H,9-13,15H2,1-4H3,(H,33,34,35)/t16-/m1/s1. The van der Waals surface area contributed by atoms with E-state index in [1.54, 1.807) is 13.8 Å². The minimum atomic E-state index is -2.90. The SMILES string of the molecule is Cc1nc(N[C@H](C)c2cccc(C(F)F)c2F)c2cc(C3=CCN(C(=O)CN(C)C)CC3)c3c(c2n1)CCO3. The number of hydrogen-bond acceptors (Lipinski definition) is 6. The van der Waals surface area contributed by atoms with Crippen LogP contribution in [0.4, 0.5) is 19.0 Å². The van der Waals surface area contributed by atoms with Crippen molar-refractivity contribution in [1.82, 2.24) is 19.8 Å². The Morgan fingerprint density at radius 2 is 1.97 bits per heavy atom. The van der Waals surface area contributed by atoms with Gasteiger partial charge in [0.05, 0.1) is 30.3 Å². The Hall–Kier alpha value is -3.66. The molecule has 2 aliphatic heterocycles. The van der Waals surface area contributed by atoms with Gasteiger partial charge in [0.2, 0.25) is 5.91 Å². The number of ether oxygens (including phenoxy) is 1. The molecule has 1 aromatic heterocycles. The fraction of sp³-hybridized carbons (Fsp3) is 0.414. The molecule has 0 unspecified atom stereocenters. The zero-order valence-corrected chi connectivity index (χ0v) is 22.5. The van der Waals surface area contributed by atoms with E-state index in [-0.39, 0.29) is 11.5 Å². The first kappa shape index (κ1) is 26.9. The average molecular weight is 540 g/mol. The number of alkyl halides is 2. The summed E-state index contributed by atoms with van der Waals surface area (Å²) in [6.07, 6.45) is 0.535. The number of anilines is 1. The number of nitrogens with zero attached hydrogens (tertiary/aromatic N) is 4. The minimum Gasteiger partial charge on any atom is -0.492 e. The van der Waals surface area contributed by atoms with Crippen LogP contribution in [0.15, 0.2) is 30.3 Å². The summed E-state index contributed by atoms with van der Waals surface area (Å²) in [5.41, 5.74) is 3.28. The lowest BCUT2D eigenvalue weighted by molar-refractivity contribution is -0.131. The highest BCUT2D eigenvalue weighted by atomic mass is 19.3. The summed E-state index contributed by atoms with van der Waals surface area (Å²) in [6, 6.07) is 5.40. The number of aryl methyl sites for hydroxylation is 1. The van der Waals surface area contributed by atoms with Crippen LogP contribution in [0.3, 0.4) is 0 Å². The van der Waals surface area contributed by atoms with E-state index in [4.69, 9.17) is 9.72 Å². The van der Waals surface area contributed by atoms with Crippen molar-refractivity contribution in [2.24, 2.45) is 0 Å². The highest BCUT2D eigenvalue weighted by Crippen LogP contribution is 2.42. The first-order chi connectivity index (χ1) is 18.6. The topological polar surface area (TPSA) is 70.6 Å². The molecule has 0 fully saturated rings. The van der Waals surface area contributed by atoms with Crippen molar-refractivity contribution in [3.8, 4) is 5.75 Å². The molecule has 0 aliphatic carbocycles. The van der Waals surface area contributed by atoms with Crippen molar-refractivity contribution >= 4 is 28.2 Å². The van der Waals surface area contributed by atoms with Crippen molar-refractivity contribution in [3.63, 3.8) is 0 Å². The molecule has 1 N–H and O–H groups in total. The van der Waals surface area contributed by atoms with Crippen LogP contribution in [0.25, 0.3) is 16.5 Å². The minimum absolute atomic E-state index is 0.0859. The van der Waals surface area contributed by atoms with Gasteiger partial charge in [-0.15, -0.1) is 0 Å². The lowest BCUT2D eigenvalue weighted by Gasteiger charge is -2.28. The third-order valence-corrected chi connectivity index (χ3v) is 7.22. The maximum Gasteiger partial charge on any atom is 0.266 e. The summed E-state index contributed by atoms with van der Waals surface area (Å²) in [6.45, 7) is 5.53. The molecule has 1 atom stereocenters. The molecule has 2 aliphatic rings. The average Bonchev–Trinajstić information content (AvgIpc) is 3.38. The number of fused-ring (bicyclic) bond motifs is 3. The Labute approximate surface area is 225 Å². The van der Waals surface area contributed by atoms with E-state index in [0.29, 0.717) is 50.7 Å². The van der Waals surface area contributed by atoms with Gasteiger partial charge < -0.3 is 19.9 Å². The normalized spacial score (nSPS) is 15.9. The lowest BCUT2D eigenvalue weighted by Crippen LogP contribution is -2.40. The third kappa shape index (κ3) is 5.30. The van der Waals surface area contributed by atoms with Gasteiger partial charge in [-0.1, -0.05) is 24.3 Å². The third-order valence-electron chi connectivity index (χ3n) is 7.22. The number of likely N-dealkylation sites (N-methyl/N-ethyl adjacent to an activating group) is 1. The van der Waals surface area contributed by atoms with Gasteiger partial charge in [0.25, 0.3) is 6.43 Å². The fourth-order valence-corrected chi connectivity index (χ4v) is 5.29. The number of aromatic nitrogens is 2. The Morgan fingerprint density at radius 3 is 2.67 bits per heavy atom. The lowest BCUT2D eigenvalue weighted by atomic mass is 9.93. The van der Waals surface area contributed by atoms with Crippen LogP contribution < -0.4 is 10.1 Å². The molecule has 5 rings (SSSR count). The predicted molar refractivity (Wildman–Crippen MR) is 145 cm³/mol. The Morgan fingerprint density at radius 1 is 1.21 bits per heavy atom. The summed E-state index contributed by atoms with van der Waals surface area (Å²) in [5.74, 6) is 1.01. The van der Waals surface area contributed by atoms with Gasteiger partial charge in [0, 0.05) is 41.6 Å². The van der Waals surface area contributed by atoms with Crippen LogP contribution in [0.2, 0.25) is 0 Å². The molecule has 0 saturated heterocycles. The molecule has 7 nitrogen and oxygen atoms in total. The van der Waals surface area contributed by atoms with Gasteiger partial charge in [-0.25, -0.2) is 23.1 Å². The monoisotopic (exact) mass is 539 g/mol. The van der Waals surface area contributed by atoms with Crippen molar-refractivity contribution in [2.75, 3.05) is 45.7 Å². The summed E-state index contributed by atoms with van der Waals surface area (Å²) in [5, 5.41) is 4.01. The van der Waals surface area contributed by atoms with Gasteiger partial charge >= 0.3 is 0 Å². The molecule has 3 heterocycles.